The molecule has 0 saturated heterocycles. The van der Waals surface area contributed by atoms with E-state index >= 15 is 0 Å². The lowest BCUT2D eigenvalue weighted by atomic mass is 10.1. The Bertz CT molecular complexity index is 1390. The molecule has 182 valence electrons. The zero-order chi connectivity index (χ0) is 24.8. The number of benzene rings is 2. The molecule has 4 aromatic rings. The Balaban J connectivity index is 1.76. The third kappa shape index (κ3) is 5.68. The van der Waals surface area contributed by atoms with Crippen molar-refractivity contribution in [3.63, 3.8) is 0 Å². The molecule has 2 aromatic heterocycles. The second-order valence-corrected chi connectivity index (χ2v) is 8.90. The van der Waals surface area contributed by atoms with Crippen LogP contribution < -0.4 is 5.73 Å². The Morgan fingerprint density at radius 2 is 1.94 bits per heavy atom. The highest BCUT2D eigenvalue weighted by Gasteiger charge is 2.18. The highest BCUT2D eigenvalue weighted by Crippen LogP contribution is 2.31. The minimum absolute atomic E-state index is 0.301. The van der Waals surface area contributed by atoms with Crippen molar-refractivity contribution in [3.05, 3.63) is 58.9 Å². The number of aromatic hydroxyl groups is 1. The quantitative estimate of drug-likeness (QED) is 0.170. The maximum atomic E-state index is 9.98. The normalized spacial score (nSPS) is 11.3. The van der Waals surface area contributed by atoms with E-state index in [0.717, 1.165) is 70.1 Å². The standard InChI is InChI=1S/C27H31N5O2S/c1-3-4-5-24-31-25-26(32(24)16-20-7-9-23(33)18(2)14-20)21-15-19(6-8-22(21)30-27(25)28)10-12-34-13-11-29-17-35/h6-9,14-15,33H,3-5,10-13,16H2,1-2H3,(H2,28,30). The number of phenolic OH excluding ortho intramolecular Hbond substituents is 1. The number of aliphatic imine (C=N–C) groups is 1. The number of anilines is 1. The molecule has 0 amide bonds. The molecule has 0 saturated carbocycles. The summed E-state index contributed by atoms with van der Waals surface area (Å²) in [6.07, 6.45) is 3.76. The molecule has 0 aliphatic carbocycles. The van der Waals surface area contributed by atoms with Crippen molar-refractivity contribution in [2.45, 2.75) is 46.1 Å². The van der Waals surface area contributed by atoms with Gasteiger partial charge in [0.25, 0.3) is 0 Å². The number of isothiocyanates is 1. The molecule has 0 radical (unpaired) electrons. The number of phenols is 1. The Morgan fingerprint density at radius 1 is 1.11 bits per heavy atom. The summed E-state index contributed by atoms with van der Waals surface area (Å²) < 4.78 is 7.94. The first-order chi connectivity index (χ1) is 17.0. The Hall–Kier alpha value is -3.32. The van der Waals surface area contributed by atoms with Crippen LogP contribution in [0.25, 0.3) is 21.9 Å². The van der Waals surface area contributed by atoms with Gasteiger partial charge in [-0.15, -0.1) is 0 Å². The van der Waals surface area contributed by atoms with E-state index in [1.165, 1.54) is 0 Å². The van der Waals surface area contributed by atoms with Gasteiger partial charge in [0.15, 0.2) is 5.82 Å². The van der Waals surface area contributed by atoms with Gasteiger partial charge in [0.1, 0.15) is 17.1 Å². The van der Waals surface area contributed by atoms with Gasteiger partial charge in [0.05, 0.1) is 36.0 Å². The summed E-state index contributed by atoms with van der Waals surface area (Å²) in [6.45, 7) is 6.38. The summed E-state index contributed by atoms with van der Waals surface area (Å²) >= 11 is 4.58. The topological polar surface area (TPSA) is 98.5 Å². The number of aromatic nitrogens is 3. The smallest absolute Gasteiger partial charge is 0.152 e. The lowest BCUT2D eigenvalue weighted by molar-refractivity contribution is 0.145. The number of nitrogens with two attached hydrogens (primary N) is 1. The van der Waals surface area contributed by atoms with Crippen molar-refractivity contribution in [1.82, 2.24) is 14.5 Å². The summed E-state index contributed by atoms with van der Waals surface area (Å²) in [5.41, 5.74) is 12.1. The van der Waals surface area contributed by atoms with Crippen LogP contribution in [0.15, 0.2) is 41.4 Å². The molecule has 2 heterocycles. The van der Waals surface area contributed by atoms with Crippen LogP contribution in [-0.4, -0.2) is 44.6 Å². The molecule has 0 aliphatic heterocycles. The monoisotopic (exact) mass is 489 g/mol. The number of unbranched alkanes of at least 4 members (excludes halogenated alkanes) is 1. The molecular weight excluding hydrogens is 458 g/mol. The zero-order valence-electron chi connectivity index (χ0n) is 20.3. The largest absolute Gasteiger partial charge is 0.508 e. The highest BCUT2D eigenvalue weighted by atomic mass is 32.1. The van der Waals surface area contributed by atoms with Gasteiger partial charge < -0.3 is 20.1 Å². The zero-order valence-corrected chi connectivity index (χ0v) is 21.1. The van der Waals surface area contributed by atoms with Crippen LogP contribution in [-0.2, 0) is 24.1 Å². The van der Waals surface area contributed by atoms with E-state index in [-0.39, 0.29) is 0 Å². The van der Waals surface area contributed by atoms with E-state index in [1.807, 2.05) is 25.1 Å². The molecule has 0 bridgehead atoms. The van der Waals surface area contributed by atoms with Crippen molar-refractivity contribution in [1.29, 1.82) is 0 Å². The molecule has 35 heavy (non-hydrogen) atoms. The SMILES string of the molecule is CCCCc1nc2c(N)nc3ccc(CCOCCN=C=S)cc3c2n1Cc1ccc(O)c(C)c1. The van der Waals surface area contributed by atoms with Crippen LogP contribution in [0.4, 0.5) is 5.82 Å². The molecule has 0 aliphatic rings. The second-order valence-electron chi connectivity index (χ2n) is 8.72. The van der Waals surface area contributed by atoms with Crippen molar-refractivity contribution in [2.24, 2.45) is 4.99 Å². The van der Waals surface area contributed by atoms with E-state index in [1.54, 1.807) is 6.07 Å². The Morgan fingerprint density at radius 3 is 2.71 bits per heavy atom. The molecule has 0 atom stereocenters. The first kappa shape index (κ1) is 24.8. The number of thiocarbonyl (C=S) groups is 1. The average Bonchev–Trinajstić information content (AvgIpc) is 3.21. The van der Waals surface area contributed by atoms with Gasteiger partial charge in [-0.3, -0.25) is 0 Å². The maximum Gasteiger partial charge on any atom is 0.152 e. The number of ether oxygens (including phenoxy) is 1. The van der Waals surface area contributed by atoms with Crippen LogP contribution in [0.2, 0.25) is 0 Å². The molecule has 0 unspecified atom stereocenters. The van der Waals surface area contributed by atoms with E-state index in [4.69, 9.17) is 15.5 Å². The second kappa shape index (κ2) is 11.4. The van der Waals surface area contributed by atoms with Crippen LogP contribution in [0.5, 0.6) is 5.75 Å². The molecule has 0 spiro atoms. The third-order valence-corrected chi connectivity index (χ3v) is 6.28. The number of hydrogen-bond acceptors (Lipinski definition) is 7. The number of aryl methyl sites for hydroxylation is 2. The fraction of sp³-hybridized carbons (Fsp3) is 0.370. The van der Waals surface area contributed by atoms with Gasteiger partial charge >= 0.3 is 0 Å². The Kier molecular flexibility index (Phi) is 8.08. The Labute approximate surface area is 210 Å². The summed E-state index contributed by atoms with van der Waals surface area (Å²) in [5.74, 6) is 1.75. The highest BCUT2D eigenvalue weighted by molar-refractivity contribution is 7.78. The van der Waals surface area contributed by atoms with Crippen LogP contribution in [0.1, 0.15) is 42.3 Å². The number of fused-ring (bicyclic) bond motifs is 3. The first-order valence-corrected chi connectivity index (χ1v) is 12.4. The van der Waals surface area contributed by atoms with E-state index in [0.29, 0.717) is 37.9 Å². The van der Waals surface area contributed by atoms with Crippen molar-refractivity contribution >= 4 is 45.1 Å². The number of nitrogen functional groups attached to an aromatic ring is 1. The molecule has 4 rings (SSSR count). The lowest BCUT2D eigenvalue weighted by Crippen LogP contribution is -2.06. The number of imidazole rings is 1. The molecule has 0 fully saturated rings. The number of rotatable bonds is 11. The number of nitrogens with zero attached hydrogens (tertiary/aromatic N) is 4. The lowest BCUT2D eigenvalue weighted by Gasteiger charge is -2.13. The molecular formula is C27H31N5O2S. The predicted molar refractivity (Wildman–Crippen MR) is 144 cm³/mol. The maximum absolute atomic E-state index is 9.98. The third-order valence-electron chi connectivity index (χ3n) is 6.15. The van der Waals surface area contributed by atoms with Crippen LogP contribution in [0, 0.1) is 6.92 Å². The minimum Gasteiger partial charge on any atom is -0.508 e. The van der Waals surface area contributed by atoms with E-state index in [9.17, 15) is 5.11 Å². The summed E-state index contributed by atoms with van der Waals surface area (Å²) in [7, 11) is 0. The molecule has 8 heteroatoms. The van der Waals surface area contributed by atoms with Crippen LogP contribution in [0.3, 0.4) is 0 Å². The molecule has 3 N–H and O–H groups in total. The fourth-order valence-corrected chi connectivity index (χ4v) is 4.39. The van der Waals surface area contributed by atoms with Gasteiger partial charge in [-0.05, 0) is 66.9 Å². The van der Waals surface area contributed by atoms with Crippen molar-refractivity contribution in [3.8, 4) is 5.75 Å². The number of pyridine rings is 1. The van der Waals surface area contributed by atoms with Gasteiger partial charge in [-0.2, -0.15) is 0 Å². The van der Waals surface area contributed by atoms with Crippen LogP contribution >= 0.6 is 12.2 Å². The summed E-state index contributed by atoms with van der Waals surface area (Å²) in [5, 5.41) is 13.4. The van der Waals surface area contributed by atoms with Gasteiger partial charge in [0, 0.05) is 18.4 Å². The van der Waals surface area contributed by atoms with Gasteiger partial charge in [-0.25, -0.2) is 15.0 Å². The first-order valence-electron chi connectivity index (χ1n) is 12.0. The molecule has 7 nitrogen and oxygen atoms in total. The fourth-order valence-electron chi connectivity index (χ4n) is 4.30. The number of hydrogen-bond donors (Lipinski definition) is 2. The van der Waals surface area contributed by atoms with E-state index in [2.05, 4.69) is 51.0 Å². The van der Waals surface area contributed by atoms with Crippen molar-refractivity contribution < 1.29 is 9.84 Å². The summed E-state index contributed by atoms with van der Waals surface area (Å²) in [4.78, 5) is 13.5. The van der Waals surface area contributed by atoms with Crippen molar-refractivity contribution in [2.75, 3.05) is 25.5 Å². The van der Waals surface area contributed by atoms with E-state index < -0.39 is 0 Å². The molecule has 2 aromatic carbocycles. The average molecular weight is 490 g/mol. The summed E-state index contributed by atoms with van der Waals surface area (Å²) in [6, 6.07) is 12.0. The van der Waals surface area contributed by atoms with Gasteiger partial charge in [0.2, 0.25) is 0 Å². The minimum atomic E-state index is 0.301. The van der Waals surface area contributed by atoms with Gasteiger partial charge in [-0.1, -0.05) is 31.5 Å². The predicted octanol–water partition coefficient (Wildman–Crippen LogP) is 5.23.